The van der Waals surface area contributed by atoms with Crippen molar-refractivity contribution in [2.75, 3.05) is 28.4 Å². The van der Waals surface area contributed by atoms with Crippen LogP contribution in [0.4, 0.5) is 0 Å². The summed E-state index contributed by atoms with van der Waals surface area (Å²) in [6.07, 6.45) is 0. The fourth-order valence-electron chi connectivity index (χ4n) is 2.93. The molecule has 11 heteroatoms. The number of benzene rings is 2. The molecule has 0 radical (unpaired) electrons. The molecule has 0 unspecified atom stereocenters. The zero-order valence-electron chi connectivity index (χ0n) is 17.3. The van der Waals surface area contributed by atoms with Crippen molar-refractivity contribution in [2.24, 2.45) is 5.73 Å². The molecule has 10 nitrogen and oxygen atoms in total. The Morgan fingerprint density at radius 3 is 1.94 bits per heavy atom. The molecule has 0 bridgehead atoms. The number of primary amides is 1. The zero-order chi connectivity index (χ0) is 22.8. The number of nitrogens with zero attached hydrogens (tertiary/aromatic N) is 2. The predicted molar refractivity (Wildman–Crippen MR) is 111 cm³/mol. The molecule has 0 aliphatic rings. The second kappa shape index (κ2) is 8.56. The molecule has 2 aromatic carbocycles. The van der Waals surface area contributed by atoms with E-state index < -0.39 is 15.9 Å². The van der Waals surface area contributed by atoms with Gasteiger partial charge in [0.05, 0.1) is 39.0 Å². The third-order valence-electron chi connectivity index (χ3n) is 4.48. The largest absolute Gasteiger partial charge is 0.497 e. The summed E-state index contributed by atoms with van der Waals surface area (Å²) in [5.41, 5.74) is 5.73. The number of hydrogen-bond donors (Lipinski definition) is 1. The van der Waals surface area contributed by atoms with Gasteiger partial charge in [-0.25, -0.2) is 0 Å². The van der Waals surface area contributed by atoms with Crippen LogP contribution >= 0.6 is 0 Å². The topological polar surface area (TPSA) is 132 Å². The van der Waals surface area contributed by atoms with Gasteiger partial charge >= 0.3 is 0 Å². The summed E-state index contributed by atoms with van der Waals surface area (Å²) >= 11 is 0. The highest BCUT2D eigenvalue weighted by atomic mass is 32.2. The minimum atomic E-state index is -4.21. The molecule has 0 saturated heterocycles. The molecule has 0 saturated carbocycles. The molecule has 164 valence electrons. The molecule has 1 aromatic heterocycles. The van der Waals surface area contributed by atoms with E-state index in [0.717, 1.165) is 0 Å². The number of amides is 1. The van der Waals surface area contributed by atoms with E-state index in [1.165, 1.54) is 58.8 Å². The maximum atomic E-state index is 13.1. The first-order valence-electron chi connectivity index (χ1n) is 8.86. The van der Waals surface area contributed by atoms with Crippen LogP contribution in [0.25, 0.3) is 11.3 Å². The molecule has 2 N–H and O–H groups in total. The van der Waals surface area contributed by atoms with Crippen molar-refractivity contribution in [3.63, 3.8) is 0 Å². The van der Waals surface area contributed by atoms with Gasteiger partial charge in [0.2, 0.25) is 5.75 Å². The molecule has 1 heterocycles. The number of hydrogen-bond acceptors (Lipinski definition) is 8. The average molecular weight is 447 g/mol. The van der Waals surface area contributed by atoms with Gasteiger partial charge in [0.1, 0.15) is 11.4 Å². The third kappa shape index (κ3) is 3.99. The number of ether oxygens (including phenoxy) is 4. The van der Waals surface area contributed by atoms with Crippen LogP contribution in [0.1, 0.15) is 10.5 Å². The quantitative estimate of drug-likeness (QED) is 0.554. The first-order chi connectivity index (χ1) is 14.8. The first-order valence-corrected chi connectivity index (χ1v) is 10.3. The molecule has 0 aliphatic carbocycles. The lowest BCUT2D eigenvalue weighted by Crippen LogP contribution is -2.23. The summed E-state index contributed by atoms with van der Waals surface area (Å²) < 4.78 is 47.9. The minimum Gasteiger partial charge on any atom is -0.497 e. The maximum Gasteiger partial charge on any atom is 0.283 e. The Labute approximate surface area is 179 Å². The molecule has 0 spiro atoms. The summed E-state index contributed by atoms with van der Waals surface area (Å²) in [6.45, 7) is 0. The molecular weight excluding hydrogens is 426 g/mol. The molecule has 0 atom stereocenters. The van der Waals surface area contributed by atoms with Gasteiger partial charge < -0.3 is 24.7 Å². The average Bonchev–Trinajstić information content (AvgIpc) is 3.25. The van der Waals surface area contributed by atoms with E-state index in [1.54, 1.807) is 12.1 Å². The van der Waals surface area contributed by atoms with Crippen LogP contribution in [-0.2, 0) is 10.0 Å². The van der Waals surface area contributed by atoms with E-state index in [1.807, 2.05) is 0 Å². The molecule has 31 heavy (non-hydrogen) atoms. The number of aromatic nitrogens is 2. The summed E-state index contributed by atoms with van der Waals surface area (Å²) in [5, 5.41) is 4.14. The number of methoxy groups -OCH3 is 4. The van der Waals surface area contributed by atoms with E-state index in [0.29, 0.717) is 32.6 Å². The van der Waals surface area contributed by atoms with Crippen molar-refractivity contribution in [2.45, 2.75) is 4.90 Å². The molecule has 3 aromatic rings. The SMILES string of the molecule is COc1ccc(S(=O)(=O)n2nc(-c3cc(OC)c(OC)c(OC)c3)cc2C(N)=O)cc1. The van der Waals surface area contributed by atoms with Gasteiger partial charge in [-0.05, 0) is 42.5 Å². The normalized spacial score (nSPS) is 11.1. The van der Waals surface area contributed by atoms with Gasteiger partial charge in [0.15, 0.2) is 11.5 Å². The highest BCUT2D eigenvalue weighted by Crippen LogP contribution is 2.41. The van der Waals surface area contributed by atoms with Crippen molar-refractivity contribution in [3.05, 3.63) is 48.2 Å². The van der Waals surface area contributed by atoms with Crippen LogP contribution in [-0.4, -0.2) is 51.9 Å². The fraction of sp³-hybridized carbons (Fsp3) is 0.200. The van der Waals surface area contributed by atoms with Crippen LogP contribution in [0.3, 0.4) is 0 Å². The van der Waals surface area contributed by atoms with E-state index in [2.05, 4.69) is 5.10 Å². The van der Waals surface area contributed by atoms with Crippen LogP contribution in [0.2, 0.25) is 0 Å². The standard InChI is InChI=1S/C20H21N3O7S/c1-27-13-5-7-14(8-6-13)31(25,26)23-16(20(21)24)11-15(22-23)12-9-17(28-2)19(30-4)18(10-12)29-3/h5-11H,1-4H3,(H2,21,24). The van der Waals surface area contributed by atoms with Crippen molar-refractivity contribution < 1.29 is 32.2 Å². The van der Waals surface area contributed by atoms with E-state index in [-0.39, 0.29) is 16.3 Å². The second-order valence-corrected chi connectivity index (χ2v) is 7.98. The molecule has 0 aliphatic heterocycles. The zero-order valence-corrected chi connectivity index (χ0v) is 18.1. The highest BCUT2D eigenvalue weighted by Gasteiger charge is 2.26. The lowest BCUT2D eigenvalue weighted by molar-refractivity contribution is 0.0994. The van der Waals surface area contributed by atoms with Crippen LogP contribution in [0.5, 0.6) is 23.0 Å². The predicted octanol–water partition coefficient (Wildman–Crippen LogP) is 1.92. The van der Waals surface area contributed by atoms with E-state index >= 15 is 0 Å². The van der Waals surface area contributed by atoms with Crippen LogP contribution in [0.15, 0.2) is 47.4 Å². The Balaban J connectivity index is 2.18. The lowest BCUT2D eigenvalue weighted by atomic mass is 10.1. The van der Waals surface area contributed by atoms with Crippen LogP contribution in [0, 0.1) is 0 Å². The van der Waals surface area contributed by atoms with Gasteiger partial charge in [-0.1, -0.05) is 0 Å². The molecule has 3 rings (SSSR count). The van der Waals surface area contributed by atoms with Gasteiger partial charge in [0, 0.05) is 5.56 Å². The van der Waals surface area contributed by atoms with Crippen LogP contribution < -0.4 is 24.7 Å². The monoisotopic (exact) mass is 447 g/mol. The fourth-order valence-corrected chi connectivity index (χ4v) is 4.21. The number of carbonyl (C=O) groups is 1. The smallest absolute Gasteiger partial charge is 0.283 e. The van der Waals surface area contributed by atoms with Crippen molar-refractivity contribution in [1.82, 2.24) is 9.19 Å². The lowest BCUT2D eigenvalue weighted by Gasteiger charge is -2.13. The summed E-state index contributed by atoms with van der Waals surface area (Å²) in [4.78, 5) is 11.9. The molecular formula is C20H21N3O7S. The summed E-state index contributed by atoms with van der Waals surface area (Å²) in [5.74, 6) is 0.556. The highest BCUT2D eigenvalue weighted by molar-refractivity contribution is 7.90. The van der Waals surface area contributed by atoms with Gasteiger partial charge in [-0.3, -0.25) is 4.79 Å². The van der Waals surface area contributed by atoms with E-state index in [4.69, 9.17) is 24.7 Å². The Hall–Kier alpha value is -3.73. The van der Waals surface area contributed by atoms with E-state index in [9.17, 15) is 13.2 Å². The number of nitrogens with two attached hydrogens (primary N) is 1. The number of carbonyl (C=O) groups excluding carboxylic acids is 1. The maximum absolute atomic E-state index is 13.1. The Kier molecular flexibility index (Phi) is 6.07. The minimum absolute atomic E-state index is 0.0876. The van der Waals surface area contributed by atoms with Crippen molar-refractivity contribution in [3.8, 4) is 34.3 Å². The number of rotatable bonds is 8. The van der Waals surface area contributed by atoms with Gasteiger partial charge in [-0.15, -0.1) is 4.09 Å². The summed E-state index contributed by atoms with van der Waals surface area (Å²) in [7, 11) is 1.61. The molecule has 0 fully saturated rings. The van der Waals surface area contributed by atoms with Crippen molar-refractivity contribution in [1.29, 1.82) is 0 Å². The molecule has 1 amide bonds. The Bertz CT molecular complexity index is 1190. The first kappa shape index (κ1) is 22.0. The van der Waals surface area contributed by atoms with Gasteiger partial charge in [-0.2, -0.15) is 13.5 Å². The van der Waals surface area contributed by atoms with Crippen molar-refractivity contribution >= 4 is 15.9 Å². The Morgan fingerprint density at radius 2 is 1.48 bits per heavy atom. The Morgan fingerprint density at radius 1 is 0.903 bits per heavy atom. The summed E-state index contributed by atoms with van der Waals surface area (Å²) in [6, 6.07) is 10.1. The third-order valence-corrected chi connectivity index (χ3v) is 6.08. The van der Waals surface area contributed by atoms with Gasteiger partial charge in [0.25, 0.3) is 15.9 Å². The second-order valence-electron chi connectivity index (χ2n) is 6.22.